The van der Waals surface area contributed by atoms with E-state index in [9.17, 15) is 4.79 Å². The second kappa shape index (κ2) is 8.23. The molecule has 0 bridgehead atoms. The molecule has 2 atom stereocenters. The number of hydrogen-bond acceptors (Lipinski definition) is 6. The number of ether oxygens (including phenoxy) is 2. The third-order valence-corrected chi connectivity index (χ3v) is 5.18. The number of rotatable bonds is 5. The molecular formula is C24H28N4O3. The third kappa shape index (κ3) is 4.99. The standard InChI is InChI=1S/C24H28N4O3/c1-14-8-9-25-22(26-14)19-12-18(19)20-10-15(13-30-5)17-7-6-16(11-21(17)28-20)27-23(29)31-24(2,3)4/h6-11,18-19H,12-13H2,1-5H3,(H,27,29)/t18-,19-/m0/s1. The van der Waals surface area contributed by atoms with Crippen LogP contribution in [0.3, 0.4) is 0 Å². The van der Waals surface area contributed by atoms with Gasteiger partial charge in [-0.25, -0.2) is 14.8 Å². The summed E-state index contributed by atoms with van der Waals surface area (Å²) < 4.78 is 10.8. The third-order valence-electron chi connectivity index (χ3n) is 5.18. The Morgan fingerprint density at radius 2 is 1.97 bits per heavy atom. The van der Waals surface area contributed by atoms with E-state index in [0.29, 0.717) is 12.3 Å². The summed E-state index contributed by atoms with van der Waals surface area (Å²) in [5, 5.41) is 3.80. The molecule has 1 aliphatic carbocycles. The van der Waals surface area contributed by atoms with Gasteiger partial charge in [0.25, 0.3) is 0 Å². The van der Waals surface area contributed by atoms with E-state index in [1.807, 2.05) is 58.2 Å². The first kappa shape index (κ1) is 21.2. The van der Waals surface area contributed by atoms with E-state index >= 15 is 0 Å². The summed E-state index contributed by atoms with van der Waals surface area (Å²) in [6.45, 7) is 7.97. The molecule has 0 spiro atoms. The monoisotopic (exact) mass is 420 g/mol. The maximum absolute atomic E-state index is 12.2. The minimum Gasteiger partial charge on any atom is -0.444 e. The molecule has 0 unspecified atom stereocenters. The van der Waals surface area contributed by atoms with Crippen LogP contribution in [0.5, 0.6) is 0 Å². The number of aryl methyl sites for hydroxylation is 1. The zero-order valence-electron chi connectivity index (χ0n) is 18.6. The number of amides is 1. The minimum atomic E-state index is -0.559. The van der Waals surface area contributed by atoms with Crippen LogP contribution in [0.1, 0.15) is 61.8 Å². The molecule has 7 nitrogen and oxygen atoms in total. The molecule has 3 aromatic rings. The van der Waals surface area contributed by atoms with Gasteiger partial charge in [-0.1, -0.05) is 6.07 Å². The van der Waals surface area contributed by atoms with Gasteiger partial charge in [0.15, 0.2) is 0 Å². The van der Waals surface area contributed by atoms with Gasteiger partial charge in [-0.3, -0.25) is 10.3 Å². The SMILES string of the molecule is COCc1cc([C@H]2C[C@@H]2c2nccc(C)n2)nc2cc(NC(=O)OC(C)(C)C)ccc12. The van der Waals surface area contributed by atoms with Crippen molar-refractivity contribution < 1.29 is 14.3 Å². The quantitative estimate of drug-likeness (QED) is 0.618. The fraction of sp³-hybridized carbons (Fsp3) is 0.417. The zero-order valence-corrected chi connectivity index (χ0v) is 18.6. The van der Waals surface area contributed by atoms with E-state index in [2.05, 4.69) is 21.4 Å². The molecular weight excluding hydrogens is 392 g/mol. The number of aromatic nitrogens is 3. The van der Waals surface area contributed by atoms with E-state index in [-0.39, 0.29) is 11.8 Å². The average molecular weight is 421 g/mol. The maximum atomic E-state index is 12.2. The van der Waals surface area contributed by atoms with Gasteiger partial charge in [-0.05, 0) is 63.9 Å². The van der Waals surface area contributed by atoms with Gasteiger partial charge in [0, 0.05) is 47.6 Å². The normalized spacial score (nSPS) is 18.1. The molecule has 31 heavy (non-hydrogen) atoms. The van der Waals surface area contributed by atoms with Crippen molar-refractivity contribution in [1.82, 2.24) is 15.0 Å². The van der Waals surface area contributed by atoms with E-state index in [4.69, 9.17) is 14.5 Å². The van der Waals surface area contributed by atoms with Crippen LogP contribution in [-0.4, -0.2) is 33.8 Å². The molecule has 0 radical (unpaired) electrons. The number of carbonyl (C=O) groups excluding carboxylic acids is 1. The lowest BCUT2D eigenvalue weighted by atomic mass is 10.1. The molecule has 7 heteroatoms. The zero-order chi connectivity index (χ0) is 22.2. The molecule has 2 heterocycles. The predicted octanol–water partition coefficient (Wildman–Crippen LogP) is 5.10. The predicted molar refractivity (Wildman–Crippen MR) is 119 cm³/mol. The van der Waals surface area contributed by atoms with Gasteiger partial charge in [0.2, 0.25) is 0 Å². The molecule has 1 aromatic carbocycles. The van der Waals surface area contributed by atoms with Crippen LogP contribution >= 0.6 is 0 Å². The summed E-state index contributed by atoms with van der Waals surface area (Å²) in [6.07, 6.45) is 2.30. The number of anilines is 1. The van der Waals surface area contributed by atoms with Gasteiger partial charge in [0.1, 0.15) is 11.4 Å². The largest absolute Gasteiger partial charge is 0.444 e. The van der Waals surface area contributed by atoms with Crippen LogP contribution in [0.4, 0.5) is 10.5 Å². The van der Waals surface area contributed by atoms with E-state index in [0.717, 1.165) is 40.1 Å². The summed E-state index contributed by atoms with van der Waals surface area (Å²) in [5.41, 5.74) is 3.95. The lowest BCUT2D eigenvalue weighted by Crippen LogP contribution is -2.27. The van der Waals surface area contributed by atoms with Crippen molar-refractivity contribution in [3.8, 4) is 0 Å². The van der Waals surface area contributed by atoms with Crippen LogP contribution in [-0.2, 0) is 16.1 Å². The van der Waals surface area contributed by atoms with Gasteiger partial charge >= 0.3 is 6.09 Å². The molecule has 0 saturated heterocycles. The second-order valence-corrected chi connectivity index (χ2v) is 9.00. The highest BCUT2D eigenvalue weighted by Gasteiger charge is 2.43. The number of nitrogens with one attached hydrogen (secondary N) is 1. The Balaban J connectivity index is 1.63. The van der Waals surface area contributed by atoms with Crippen molar-refractivity contribution in [1.29, 1.82) is 0 Å². The molecule has 1 amide bonds. The first-order chi connectivity index (χ1) is 14.7. The highest BCUT2D eigenvalue weighted by atomic mass is 16.6. The number of fused-ring (bicyclic) bond motifs is 1. The Morgan fingerprint density at radius 1 is 1.16 bits per heavy atom. The first-order valence-electron chi connectivity index (χ1n) is 10.5. The average Bonchev–Trinajstić information content (AvgIpc) is 3.47. The highest BCUT2D eigenvalue weighted by molar-refractivity contribution is 5.91. The van der Waals surface area contributed by atoms with Gasteiger partial charge in [-0.2, -0.15) is 0 Å². The van der Waals surface area contributed by atoms with E-state index in [1.54, 1.807) is 7.11 Å². The lowest BCUT2D eigenvalue weighted by Gasteiger charge is -2.19. The van der Waals surface area contributed by atoms with Crippen molar-refractivity contribution in [2.75, 3.05) is 12.4 Å². The smallest absolute Gasteiger partial charge is 0.412 e. The number of pyridine rings is 1. The Morgan fingerprint density at radius 3 is 2.68 bits per heavy atom. The number of methoxy groups -OCH3 is 1. The number of carbonyl (C=O) groups is 1. The molecule has 1 N–H and O–H groups in total. The summed E-state index contributed by atoms with van der Waals surface area (Å²) in [4.78, 5) is 26.1. The fourth-order valence-corrected chi connectivity index (χ4v) is 3.74. The topological polar surface area (TPSA) is 86.2 Å². The molecule has 1 aliphatic rings. The van der Waals surface area contributed by atoms with Crippen LogP contribution < -0.4 is 5.32 Å². The minimum absolute atomic E-state index is 0.281. The summed E-state index contributed by atoms with van der Waals surface area (Å²) in [5.74, 6) is 1.44. The molecule has 1 saturated carbocycles. The van der Waals surface area contributed by atoms with Crippen LogP contribution in [0.2, 0.25) is 0 Å². The van der Waals surface area contributed by atoms with Gasteiger partial charge in [0.05, 0.1) is 12.1 Å². The Bertz CT molecular complexity index is 1120. The van der Waals surface area contributed by atoms with E-state index < -0.39 is 11.7 Å². The number of nitrogens with zero attached hydrogens (tertiary/aromatic N) is 3. The molecule has 0 aliphatic heterocycles. The summed E-state index contributed by atoms with van der Waals surface area (Å²) in [6, 6.07) is 9.72. The Labute approximate surface area is 182 Å². The van der Waals surface area contributed by atoms with Crippen LogP contribution in [0.15, 0.2) is 36.5 Å². The maximum Gasteiger partial charge on any atom is 0.412 e. The van der Waals surface area contributed by atoms with Crippen molar-refractivity contribution in [2.45, 2.75) is 58.2 Å². The van der Waals surface area contributed by atoms with Crippen molar-refractivity contribution in [3.63, 3.8) is 0 Å². The lowest BCUT2D eigenvalue weighted by molar-refractivity contribution is 0.0636. The molecule has 162 valence electrons. The van der Waals surface area contributed by atoms with Crippen LogP contribution in [0, 0.1) is 6.92 Å². The highest BCUT2D eigenvalue weighted by Crippen LogP contribution is 2.53. The molecule has 2 aromatic heterocycles. The molecule has 4 rings (SSSR count). The Hall–Kier alpha value is -3.06. The Kier molecular flexibility index (Phi) is 5.62. The van der Waals surface area contributed by atoms with Gasteiger partial charge < -0.3 is 9.47 Å². The first-order valence-corrected chi connectivity index (χ1v) is 10.5. The summed E-state index contributed by atoms with van der Waals surface area (Å²) >= 11 is 0. The number of hydrogen-bond donors (Lipinski definition) is 1. The van der Waals surface area contributed by atoms with Crippen molar-refractivity contribution >= 4 is 22.7 Å². The van der Waals surface area contributed by atoms with Crippen LogP contribution in [0.25, 0.3) is 10.9 Å². The number of benzene rings is 1. The van der Waals surface area contributed by atoms with Crippen molar-refractivity contribution in [2.24, 2.45) is 0 Å². The second-order valence-electron chi connectivity index (χ2n) is 9.00. The van der Waals surface area contributed by atoms with Gasteiger partial charge in [-0.15, -0.1) is 0 Å². The van der Waals surface area contributed by atoms with E-state index in [1.165, 1.54) is 0 Å². The molecule has 1 fully saturated rings. The fourth-order valence-electron chi connectivity index (χ4n) is 3.74. The van der Waals surface area contributed by atoms with Crippen molar-refractivity contribution in [3.05, 3.63) is 59.3 Å². The summed E-state index contributed by atoms with van der Waals surface area (Å²) in [7, 11) is 1.69.